The molecule has 107 valence electrons. The maximum Gasteiger partial charge on any atom is -1.00 e. The van der Waals surface area contributed by atoms with Crippen LogP contribution in [-0.4, -0.2) is 11.8 Å². The molecule has 2 aliphatic rings. The Morgan fingerprint density at radius 1 is 1.32 bits per heavy atom. The summed E-state index contributed by atoms with van der Waals surface area (Å²) in [5.74, 6) is 0.0541. The molecule has 0 aromatic carbocycles. The third kappa shape index (κ3) is 5.49. The maximum absolute atomic E-state index is 12.2. The van der Waals surface area contributed by atoms with E-state index in [0.29, 0.717) is 11.8 Å². The zero-order chi connectivity index (χ0) is 12.3. The van der Waals surface area contributed by atoms with Crippen molar-refractivity contribution < 1.29 is 50.8 Å². The molecule has 2 aliphatic carbocycles. The van der Waals surface area contributed by atoms with Crippen molar-refractivity contribution in [3.05, 3.63) is 21.5 Å². The van der Waals surface area contributed by atoms with Crippen LogP contribution in [0.3, 0.4) is 0 Å². The molecular weight excluding hydrogens is 376 g/mol. The monoisotopic (exact) mass is 396 g/mol. The van der Waals surface area contributed by atoms with Crippen LogP contribution in [0.15, 0.2) is 21.5 Å². The summed E-state index contributed by atoms with van der Waals surface area (Å²) in [5, 5.41) is 0. The first-order valence-electron chi connectivity index (χ1n) is 6.72. The molecular formula is C13H22Cl2NOSiZr. The fraction of sp³-hybridized carbons (Fsp3) is 0.615. The molecule has 19 heavy (non-hydrogen) atoms. The Balaban J connectivity index is 0.00000162. The summed E-state index contributed by atoms with van der Waals surface area (Å²) in [7, 11) is 0. The van der Waals surface area contributed by atoms with Gasteiger partial charge < -0.3 is 24.8 Å². The van der Waals surface area contributed by atoms with E-state index in [-0.39, 0.29) is 24.8 Å². The minimum absolute atomic E-state index is 0. The average molecular weight is 399 g/mol. The molecule has 0 heterocycles. The molecule has 6 heteroatoms. The normalized spacial score (nSPS) is 17.7. The van der Waals surface area contributed by atoms with E-state index in [4.69, 9.17) is 0 Å². The van der Waals surface area contributed by atoms with Crippen LogP contribution in [0.1, 0.15) is 32.1 Å². The second-order valence-electron chi connectivity index (χ2n) is 5.36. The Kier molecular flexibility index (Phi) is 9.86. The first kappa shape index (κ1) is 19.6. The van der Waals surface area contributed by atoms with Gasteiger partial charge in [-0.25, -0.2) is 0 Å². The zero-order valence-electron chi connectivity index (χ0n) is 11.6. The van der Waals surface area contributed by atoms with Gasteiger partial charge in [-0.3, -0.25) is 0 Å². The average Bonchev–Trinajstić information content (AvgIpc) is 2.97. The van der Waals surface area contributed by atoms with E-state index >= 15 is 0 Å². The van der Waals surface area contributed by atoms with E-state index < -0.39 is 27.1 Å². The zero-order valence-corrected chi connectivity index (χ0v) is 16.7. The van der Waals surface area contributed by atoms with Crippen molar-refractivity contribution in [3.63, 3.8) is 0 Å². The fourth-order valence-corrected chi connectivity index (χ4v) is 16.5. The molecule has 1 saturated carbocycles. The summed E-state index contributed by atoms with van der Waals surface area (Å²) in [5.41, 5.74) is 0. The number of halogens is 2. The molecule has 2 rings (SSSR count). The predicted molar refractivity (Wildman–Crippen MR) is 70.8 cm³/mol. The summed E-state index contributed by atoms with van der Waals surface area (Å²) in [6, 6.07) is 0. The van der Waals surface area contributed by atoms with Gasteiger partial charge in [0.2, 0.25) is 0 Å². The van der Waals surface area contributed by atoms with E-state index in [1.807, 2.05) is 0 Å². The summed E-state index contributed by atoms with van der Waals surface area (Å²) < 4.78 is 5.12. The molecule has 1 fully saturated rings. The van der Waals surface area contributed by atoms with Crippen molar-refractivity contribution in [2.45, 2.75) is 45.2 Å². The van der Waals surface area contributed by atoms with Crippen LogP contribution in [0.4, 0.5) is 0 Å². The molecule has 0 atom stereocenters. The van der Waals surface area contributed by atoms with Crippen molar-refractivity contribution in [2.24, 2.45) is 5.92 Å². The molecule has 0 radical (unpaired) electrons. The van der Waals surface area contributed by atoms with Gasteiger partial charge in [0.05, 0.1) is 0 Å². The SMILES string of the molecule is C[SiH](C)[Zr+2]([NH]C(=O)C1CCCC1)[C]1=CC=CC1.[Cl-].[Cl-]. The van der Waals surface area contributed by atoms with Gasteiger partial charge in [-0.05, 0) is 0 Å². The first-order valence-corrected chi connectivity index (χ1v) is 16.3. The Morgan fingerprint density at radius 2 is 1.95 bits per heavy atom. The quantitative estimate of drug-likeness (QED) is 0.493. The molecule has 0 aromatic rings. The number of amides is 1. The number of carbonyl (C=O) groups excluding carboxylic acids is 1. The third-order valence-corrected chi connectivity index (χ3v) is 20.3. The van der Waals surface area contributed by atoms with Crippen molar-refractivity contribution >= 4 is 11.8 Å². The van der Waals surface area contributed by atoms with Crippen LogP contribution < -0.4 is 28.1 Å². The largest absolute Gasteiger partial charge is 1.00 e. The van der Waals surface area contributed by atoms with Crippen LogP contribution in [0.2, 0.25) is 13.1 Å². The molecule has 0 unspecified atom stereocenters. The topological polar surface area (TPSA) is 29.1 Å². The first-order chi connectivity index (χ1) is 8.18. The van der Waals surface area contributed by atoms with Crippen LogP contribution in [-0.2, 0) is 26.0 Å². The minimum Gasteiger partial charge on any atom is -1.00 e. The molecule has 1 amide bonds. The van der Waals surface area contributed by atoms with E-state index in [2.05, 4.69) is 34.6 Å². The van der Waals surface area contributed by atoms with Crippen LogP contribution >= 0.6 is 0 Å². The van der Waals surface area contributed by atoms with Gasteiger partial charge in [-0.2, -0.15) is 0 Å². The fourth-order valence-electron chi connectivity index (χ4n) is 2.67. The van der Waals surface area contributed by atoms with Gasteiger partial charge in [0, 0.05) is 0 Å². The Morgan fingerprint density at radius 3 is 2.42 bits per heavy atom. The number of allylic oxidation sites excluding steroid dienone is 4. The standard InChI is InChI=1S/C6H11NO.C5H5.C2H7Si.2ClH.Zr/c7-6(8)5-3-1-2-4-5;1-2-4-5-3-1;1-3-2;;;/h5H,1-4H2,(H2,7,8);1-3H,4H2;3H,1-2H3;2*1H;/q;;;;;+3/p-3. The summed E-state index contributed by atoms with van der Waals surface area (Å²) in [6.07, 6.45) is 12.5. The van der Waals surface area contributed by atoms with Crippen molar-refractivity contribution in [1.29, 1.82) is 0 Å². The van der Waals surface area contributed by atoms with Crippen LogP contribution in [0, 0.1) is 5.92 Å². The van der Waals surface area contributed by atoms with Gasteiger partial charge in [-0.1, -0.05) is 0 Å². The van der Waals surface area contributed by atoms with E-state index in [1.54, 1.807) is 3.28 Å². The van der Waals surface area contributed by atoms with Gasteiger partial charge in [0.15, 0.2) is 0 Å². The second-order valence-corrected chi connectivity index (χ2v) is 23.8. The minimum atomic E-state index is -1.76. The summed E-state index contributed by atoms with van der Waals surface area (Å²) >= 11 is -1.76. The second kappa shape index (κ2) is 9.55. The molecule has 0 saturated heterocycles. The predicted octanol–water partition coefficient (Wildman–Crippen LogP) is -3.34. The molecule has 0 bridgehead atoms. The number of carbonyl (C=O) groups is 1. The van der Waals surface area contributed by atoms with Gasteiger partial charge >= 0.3 is 114 Å². The molecule has 0 aromatic heterocycles. The number of hydrogen-bond acceptors (Lipinski definition) is 1. The number of hydrogen-bond donors (Lipinski definition) is 1. The summed E-state index contributed by atoms with van der Waals surface area (Å²) in [4.78, 5) is 12.2. The van der Waals surface area contributed by atoms with Crippen molar-refractivity contribution in [1.82, 2.24) is 3.26 Å². The molecule has 2 nitrogen and oxygen atoms in total. The Labute approximate surface area is 138 Å². The Bertz CT molecular complexity index is 355. The van der Waals surface area contributed by atoms with Gasteiger partial charge in [0.1, 0.15) is 0 Å². The van der Waals surface area contributed by atoms with E-state index in [9.17, 15) is 4.79 Å². The van der Waals surface area contributed by atoms with Crippen LogP contribution in [0.25, 0.3) is 0 Å². The molecule has 1 N–H and O–H groups in total. The van der Waals surface area contributed by atoms with Crippen molar-refractivity contribution in [3.8, 4) is 0 Å². The van der Waals surface area contributed by atoms with Crippen LogP contribution in [0.5, 0.6) is 0 Å². The van der Waals surface area contributed by atoms with Gasteiger partial charge in [-0.15, -0.1) is 0 Å². The number of nitrogens with one attached hydrogen (secondary N) is 1. The Hall–Kier alpha value is 0.630. The third-order valence-electron chi connectivity index (χ3n) is 3.68. The van der Waals surface area contributed by atoms with Gasteiger partial charge in [0.25, 0.3) is 0 Å². The smallest absolute Gasteiger partial charge is 1.00 e. The van der Waals surface area contributed by atoms with E-state index in [0.717, 1.165) is 19.3 Å². The van der Waals surface area contributed by atoms with Crippen molar-refractivity contribution in [2.75, 3.05) is 0 Å². The number of rotatable bonds is 4. The van der Waals surface area contributed by atoms with E-state index in [1.165, 1.54) is 12.8 Å². The maximum atomic E-state index is 12.2. The molecule has 0 spiro atoms. The summed E-state index contributed by atoms with van der Waals surface area (Å²) in [6.45, 7) is 4.81. The molecule has 0 aliphatic heterocycles.